The summed E-state index contributed by atoms with van der Waals surface area (Å²) in [4.78, 5) is 22.8. The first-order chi connectivity index (χ1) is 7.98. The zero-order valence-corrected chi connectivity index (χ0v) is 12.3. The highest BCUT2D eigenvalue weighted by Crippen LogP contribution is 2.17. The van der Waals surface area contributed by atoms with Gasteiger partial charge in [-0.3, -0.25) is 9.59 Å². The number of amides is 1. The predicted molar refractivity (Wildman–Crippen MR) is 72.4 cm³/mol. The maximum Gasteiger partial charge on any atom is 0.217 e. The molecule has 4 heteroatoms. The van der Waals surface area contributed by atoms with Crippen molar-refractivity contribution in [3.05, 3.63) is 12.2 Å². The van der Waals surface area contributed by atoms with Gasteiger partial charge in [0.25, 0.3) is 0 Å². The van der Waals surface area contributed by atoms with Crippen LogP contribution in [-0.4, -0.2) is 29.4 Å². The summed E-state index contributed by atoms with van der Waals surface area (Å²) in [7, 11) is 0. The number of carbonyl (C=O) groups excluding carboxylic acids is 2. The van der Waals surface area contributed by atoms with Gasteiger partial charge in [-0.1, -0.05) is 6.58 Å². The Labute approximate surface area is 110 Å². The molecule has 0 heterocycles. The van der Waals surface area contributed by atoms with Crippen molar-refractivity contribution < 1.29 is 14.3 Å². The Kier molecular flexibility index (Phi) is 5.74. The SMILES string of the molecule is C=C(C)C(=O)C(C)(C)OCCC(C)(C)NC(C)=O. The Morgan fingerprint density at radius 3 is 2.06 bits per heavy atom. The third kappa shape index (κ3) is 5.96. The van der Waals surface area contributed by atoms with Crippen LogP contribution in [-0.2, 0) is 14.3 Å². The van der Waals surface area contributed by atoms with Crippen molar-refractivity contribution in [1.29, 1.82) is 0 Å². The lowest BCUT2D eigenvalue weighted by Gasteiger charge is -2.29. The molecular formula is C14H25NO3. The van der Waals surface area contributed by atoms with Crippen molar-refractivity contribution in [2.24, 2.45) is 0 Å². The quantitative estimate of drug-likeness (QED) is 0.710. The van der Waals surface area contributed by atoms with Crippen molar-refractivity contribution in [2.75, 3.05) is 6.61 Å². The van der Waals surface area contributed by atoms with E-state index in [2.05, 4.69) is 11.9 Å². The molecule has 1 amide bonds. The minimum Gasteiger partial charge on any atom is -0.367 e. The van der Waals surface area contributed by atoms with Crippen LogP contribution in [0.1, 0.15) is 48.0 Å². The first kappa shape index (κ1) is 16.8. The van der Waals surface area contributed by atoms with Crippen molar-refractivity contribution in [3.63, 3.8) is 0 Å². The molecule has 0 rings (SSSR count). The van der Waals surface area contributed by atoms with Crippen LogP contribution in [0.15, 0.2) is 12.2 Å². The van der Waals surface area contributed by atoms with Crippen LogP contribution in [0.5, 0.6) is 0 Å². The second kappa shape index (κ2) is 6.14. The molecule has 4 nitrogen and oxygen atoms in total. The molecule has 0 aromatic heterocycles. The molecule has 0 fully saturated rings. The first-order valence-corrected chi connectivity index (χ1v) is 6.11. The van der Waals surface area contributed by atoms with Crippen LogP contribution < -0.4 is 5.32 Å². The maximum absolute atomic E-state index is 11.8. The smallest absolute Gasteiger partial charge is 0.217 e. The number of ketones is 1. The average Bonchev–Trinajstić information content (AvgIpc) is 2.13. The Bertz CT molecular complexity index is 343. The van der Waals surface area contributed by atoms with Crippen molar-refractivity contribution in [1.82, 2.24) is 5.32 Å². The first-order valence-electron chi connectivity index (χ1n) is 6.11. The zero-order valence-electron chi connectivity index (χ0n) is 12.3. The highest BCUT2D eigenvalue weighted by Gasteiger charge is 2.29. The molecule has 0 aromatic rings. The van der Waals surface area contributed by atoms with E-state index >= 15 is 0 Å². The molecule has 0 aliphatic rings. The van der Waals surface area contributed by atoms with E-state index in [4.69, 9.17) is 4.74 Å². The minimum atomic E-state index is -0.863. The van der Waals surface area contributed by atoms with Crippen molar-refractivity contribution in [2.45, 2.75) is 59.1 Å². The van der Waals surface area contributed by atoms with Gasteiger partial charge in [-0.25, -0.2) is 0 Å². The number of hydrogen-bond acceptors (Lipinski definition) is 3. The summed E-state index contributed by atoms with van der Waals surface area (Å²) in [6.45, 7) is 14.5. The molecule has 0 saturated carbocycles. The molecule has 0 bridgehead atoms. The summed E-state index contributed by atoms with van der Waals surface area (Å²) in [5.41, 5.74) is -0.715. The van der Waals surface area contributed by atoms with Crippen LogP contribution in [0.2, 0.25) is 0 Å². The van der Waals surface area contributed by atoms with E-state index in [1.165, 1.54) is 6.92 Å². The molecule has 1 N–H and O–H groups in total. The van der Waals surface area contributed by atoms with E-state index in [0.717, 1.165) is 0 Å². The fraction of sp³-hybridized carbons (Fsp3) is 0.714. The fourth-order valence-corrected chi connectivity index (χ4v) is 1.68. The van der Waals surface area contributed by atoms with Crippen LogP contribution in [0.4, 0.5) is 0 Å². The molecule has 0 aliphatic carbocycles. The van der Waals surface area contributed by atoms with Gasteiger partial charge in [-0.05, 0) is 46.6 Å². The highest BCUT2D eigenvalue weighted by atomic mass is 16.5. The number of ether oxygens (including phenoxy) is 1. The molecule has 0 radical (unpaired) electrons. The maximum atomic E-state index is 11.8. The minimum absolute atomic E-state index is 0.0720. The average molecular weight is 255 g/mol. The lowest BCUT2D eigenvalue weighted by molar-refractivity contribution is -0.137. The molecule has 0 unspecified atom stereocenters. The van der Waals surface area contributed by atoms with Crippen molar-refractivity contribution in [3.8, 4) is 0 Å². The molecule has 0 atom stereocenters. The number of rotatable bonds is 7. The number of carbonyl (C=O) groups is 2. The predicted octanol–water partition coefficient (Wildman–Crippen LogP) is 2.23. The molecule has 104 valence electrons. The Balaban J connectivity index is 4.30. The van der Waals surface area contributed by atoms with Gasteiger partial charge in [-0.15, -0.1) is 0 Å². The summed E-state index contributed by atoms with van der Waals surface area (Å²) < 4.78 is 5.61. The summed E-state index contributed by atoms with van der Waals surface area (Å²) >= 11 is 0. The van der Waals surface area contributed by atoms with Crippen LogP contribution in [0.25, 0.3) is 0 Å². The summed E-state index contributed by atoms with van der Waals surface area (Å²) in [5, 5.41) is 2.84. The Hall–Kier alpha value is -1.16. The van der Waals surface area contributed by atoms with E-state index < -0.39 is 5.60 Å². The zero-order chi connectivity index (χ0) is 14.6. The molecule has 0 aromatic carbocycles. The summed E-state index contributed by atoms with van der Waals surface area (Å²) in [5.74, 6) is -0.169. The highest BCUT2D eigenvalue weighted by molar-refractivity contribution is 6.00. The number of hydrogen-bond donors (Lipinski definition) is 1. The van der Waals surface area contributed by atoms with Gasteiger partial charge in [-0.2, -0.15) is 0 Å². The summed E-state index contributed by atoms with van der Waals surface area (Å²) in [6, 6.07) is 0. The van der Waals surface area contributed by atoms with E-state index in [1.807, 2.05) is 13.8 Å². The molecular weight excluding hydrogens is 230 g/mol. The fourth-order valence-electron chi connectivity index (χ4n) is 1.68. The van der Waals surface area contributed by atoms with Gasteiger partial charge in [0.2, 0.25) is 5.91 Å². The van der Waals surface area contributed by atoms with Gasteiger partial charge < -0.3 is 10.1 Å². The second-order valence-electron chi connectivity index (χ2n) is 5.78. The van der Waals surface area contributed by atoms with Crippen LogP contribution in [0.3, 0.4) is 0 Å². The largest absolute Gasteiger partial charge is 0.367 e. The van der Waals surface area contributed by atoms with E-state index in [-0.39, 0.29) is 17.2 Å². The Morgan fingerprint density at radius 1 is 1.17 bits per heavy atom. The summed E-state index contributed by atoms with van der Waals surface area (Å²) in [6.07, 6.45) is 0.638. The topological polar surface area (TPSA) is 55.4 Å². The van der Waals surface area contributed by atoms with E-state index in [9.17, 15) is 9.59 Å². The van der Waals surface area contributed by atoms with Gasteiger partial charge in [0.1, 0.15) is 5.60 Å². The second-order valence-corrected chi connectivity index (χ2v) is 5.78. The molecule has 0 spiro atoms. The number of Topliss-reactive ketones (excluding diaryl/α,β-unsaturated/α-hetero) is 1. The lowest BCUT2D eigenvalue weighted by atomic mass is 9.97. The van der Waals surface area contributed by atoms with E-state index in [0.29, 0.717) is 18.6 Å². The Morgan fingerprint density at radius 2 is 1.67 bits per heavy atom. The van der Waals surface area contributed by atoms with Gasteiger partial charge in [0, 0.05) is 12.5 Å². The molecule has 18 heavy (non-hydrogen) atoms. The van der Waals surface area contributed by atoms with Gasteiger partial charge in [0.05, 0.1) is 6.61 Å². The molecule has 0 saturated heterocycles. The third-order valence-electron chi connectivity index (χ3n) is 2.64. The van der Waals surface area contributed by atoms with Crippen molar-refractivity contribution >= 4 is 11.7 Å². The molecule has 0 aliphatic heterocycles. The normalized spacial score (nSPS) is 12.1. The van der Waals surface area contributed by atoms with E-state index in [1.54, 1.807) is 20.8 Å². The monoisotopic (exact) mass is 255 g/mol. The standard InChI is InChI=1S/C14H25NO3/c1-10(2)12(17)14(6,7)18-9-8-13(4,5)15-11(3)16/h1,8-9H2,2-7H3,(H,15,16). The van der Waals surface area contributed by atoms with Crippen LogP contribution in [0, 0.1) is 0 Å². The van der Waals surface area contributed by atoms with Gasteiger partial charge >= 0.3 is 0 Å². The van der Waals surface area contributed by atoms with Gasteiger partial charge in [0.15, 0.2) is 5.78 Å². The van der Waals surface area contributed by atoms with Crippen LogP contribution >= 0.6 is 0 Å². The third-order valence-corrected chi connectivity index (χ3v) is 2.64. The lowest BCUT2D eigenvalue weighted by Crippen LogP contribution is -2.44. The number of nitrogens with one attached hydrogen (secondary N) is 1.